The van der Waals surface area contributed by atoms with Crippen LogP contribution in [-0.2, 0) is 20.8 Å². The van der Waals surface area contributed by atoms with Crippen molar-refractivity contribution in [3.05, 3.63) is 83.3 Å². The van der Waals surface area contributed by atoms with Gasteiger partial charge in [0.25, 0.3) is 0 Å². The summed E-state index contributed by atoms with van der Waals surface area (Å²) in [6.07, 6.45) is 2.82. The molecule has 6 nitrogen and oxygen atoms in total. The predicted octanol–water partition coefficient (Wildman–Crippen LogP) is 0.805. The van der Waals surface area contributed by atoms with Crippen LogP contribution in [0.25, 0.3) is 12.2 Å². The number of hydrogen-bond acceptors (Lipinski definition) is 3. The number of carbonyl (C=O) groups is 3. The number of rotatable bonds is 11. The van der Waals surface area contributed by atoms with Gasteiger partial charge in [-0.2, -0.15) is 0 Å². The lowest BCUT2D eigenvalue weighted by Gasteiger charge is -2.09. The van der Waals surface area contributed by atoms with Gasteiger partial charge in [-0.15, -0.1) is 0 Å². The van der Waals surface area contributed by atoms with E-state index in [-0.39, 0.29) is 37.2 Å². The fourth-order valence-electron chi connectivity index (χ4n) is 2.94. The van der Waals surface area contributed by atoms with E-state index in [1.165, 1.54) is 0 Å². The maximum absolute atomic E-state index is 12.0. The Morgan fingerprint density at radius 1 is 0.774 bits per heavy atom. The fourth-order valence-corrected chi connectivity index (χ4v) is 2.94. The molecule has 3 N–H and O–H groups in total. The zero-order valence-electron chi connectivity index (χ0n) is 17.7. The van der Waals surface area contributed by atoms with E-state index >= 15 is 0 Å². The molecule has 0 aliphatic heterocycles. The summed E-state index contributed by atoms with van der Waals surface area (Å²) in [7, 11) is 0. The number of amides is 3. The number of hydrogen-bond donors (Lipinski definition) is 3. The van der Waals surface area contributed by atoms with E-state index in [0.29, 0.717) is 19.4 Å². The van der Waals surface area contributed by atoms with Crippen molar-refractivity contribution in [3.63, 3.8) is 0 Å². The van der Waals surface area contributed by atoms with Gasteiger partial charge in [-0.25, -0.2) is 0 Å². The molecule has 0 saturated carbocycles. The van der Waals surface area contributed by atoms with Gasteiger partial charge in [0.1, 0.15) is 0 Å². The molecule has 0 unspecified atom stereocenters. The van der Waals surface area contributed by atoms with Crippen molar-refractivity contribution in [1.82, 2.24) is 16.0 Å². The van der Waals surface area contributed by atoms with Crippen molar-refractivity contribution in [2.45, 2.75) is 19.3 Å². The van der Waals surface area contributed by atoms with E-state index in [1.54, 1.807) is 6.08 Å². The summed E-state index contributed by atoms with van der Waals surface area (Å²) < 4.78 is 0. The fraction of sp³-hybridized carbons (Fsp3) is 0.240. The smallest absolute Gasteiger partial charge is 0.239 e. The molecule has 0 radical (unpaired) electrons. The molecule has 0 atom stereocenters. The summed E-state index contributed by atoms with van der Waals surface area (Å²) in [6, 6.07) is 17.3. The van der Waals surface area contributed by atoms with Crippen LogP contribution >= 0.6 is 0 Å². The van der Waals surface area contributed by atoms with Gasteiger partial charge in [0.15, 0.2) is 0 Å². The van der Waals surface area contributed by atoms with Gasteiger partial charge in [0.05, 0.1) is 6.54 Å². The van der Waals surface area contributed by atoms with Crippen LogP contribution in [-0.4, -0.2) is 37.4 Å². The molecule has 0 spiro atoms. The standard InChI is InChI=1S/C25H29N3O3/c1-3-21(22-12-8-7-9-19(22)2)17-27-25(31)18-28-24(30)15-16-26-23(29)14-13-20-10-5-4-6-11-20/h3-12H,1-2,13-18H2,(H,26,29)(H,27,31)(H,28,30)/b22-21+. The number of nitrogens with one attached hydrogen (secondary N) is 3. The Kier molecular flexibility index (Phi) is 9.75. The van der Waals surface area contributed by atoms with Crippen molar-refractivity contribution in [1.29, 1.82) is 0 Å². The van der Waals surface area contributed by atoms with Crippen LogP contribution in [0.2, 0.25) is 0 Å². The van der Waals surface area contributed by atoms with Gasteiger partial charge in [-0.1, -0.05) is 73.8 Å². The lowest BCUT2D eigenvalue weighted by Crippen LogP contribution is -2.39. The van der Waals surface area contributed by atoms with E-state index in [2.05, 4.69) is 29.1 Å². The normalized spacial score (nSPS) is 11.2. The molecule has 0 aromatic heterocycles. The summed E-state index contributed by atoms with van der Waals surface area (Å²) in [4.78, 5) is 35.8. The third-order valence-corrected chi connectivity index (χ3v) is 4.69. The lowest BCUT2D eigenvalue weighted by atomic mass is 10.1. The molecular formula is C25H29N3O3. The highest BCUT2D eigenvalue weighted by atomic mass is 16.2. The molecule has 2 aromatic rings. The van der Waals surface area contributed by atoms with Crippen LogP contribution in [0.15, 0.2) is 67.3 Å². The summed E-state index contributed by atoms with van der Waals surface area (Å²) in [5.41, 5.74) is 1.94. The molecule has 2 rings (SSSR count). The minimum absolute atomic E-state index is 0.104. The second-order valence-corrected chi connectivity index (χ2v) is 7.03. The highest BCUT2D eigenvalue weighted by Gasteiger charge is 2.07. The molecule has 162 valence electrons. The molecule has 0 fully saturated rings. The van der Waals surface area contributed by atoms with Crippen molar-refractivity contribution in [3.8, 4) is 0 Å². The molecule has 3 amide bonds. The second-order valence-electron chi connectivity index (χ2n) is 7.03. The second kappa shape index (κ2) is 12.8. The lowest BCUT2D eigenvalue weighted by molar-refractivity contribution is -0.126. The summed E-state index contributed by atoms with van der Waals surface area (Å²) in [5, 5.41) is 9.81. The van der Waals surface area contributed by atoms with Crippen molar-refractivity contribution in [2.24, 2.45) is 0 Å². The van der Waals surface area contributed by atoms with Crippen LogP contribution in [0.5, 0.6) is 0 Å². The van der Waals surface area contributed by atoms with E-state index in [9.17, 15) is 14.4 Å². The van der Waals surface area contributed by atoms with Crippen LogP contribution in [0.3, 0.4) is 0 Å². The van der Waals surface area contributed by atoms with Crippen molar-refractivity contribution >= 4 is 29.9 Å². The average Bonchev–Trinajstić information content (AvgIpc) is 2.78. The highest BCUT2D eigenvalue weighted by Crippen LogP contribution is 2.02. The molecule has 0 heterocycles. The first kappa shape index (κ1) is 23.6. The van der Waals surface area contributed by atoms with Crippen LogP contribution < -0.4 is 26.4 Å². The third kappa shape index (κ3) is 8.70. The molecule has 0 aliphatic carbocycles. The van der Waals surface area contributed by atoms with E-state index in [4.69, 9.17) is 0 Å². The molecule has 0 saturated heterocycles. The minimum Gasteiger partial charge on any atom is -0.356 e. The van der Waals surface area contributed by atoms with Gasteiger partial charge < -0.3 is 16.0 Å². The van der Waals surface area contributed by atoms with Crippen molar-refractivity contribution < 1.29 is 14.4 Å². The largest absolute Gasteiger partial charge is 0.356 e. The molecule has 31 heavy (non-hydrogen) atoms. The monoisotopic (exact) mass is 419 g/mol. The summed E-state index contributed by atoms with van der Waals surface area (Å²) in [6.45, 7) is 8.16. The molecule has 6 heteroatoms. The topological polar surface area (TPSA) is 87.3 Å². The Morgan fingerprint density at radius 2 is 1.42 bits per heavy atom. The average molecular weight is 420 g/mol. The zero-order valence-corrected chi connectivity index (χ0v) is 17.7. The predicted molar refractivity (Wildman–Crippen MR) is 123 cm³/mol. The Labute approximate surface area is 182 Å². The van der Waals surface area contributed by atoms with Crippen molar-refractivity contribution in [2.75, 3.05) is 19.6 Å². The third-order valence-electron chi connectivity index (χ3n) is 4.69. The number of carbonyl (C=O) groups excluding carboxylic acids is 3. The Morgan fingerprint density at radius 3 is 2.13 bits per heavy atom. The Bertz CT molecular complexity index is 1020. The number of aryl methyl sites for hydroxylation is 1. The van der Waals surface area contributed by atoms with E-state index in [0.717, 1.165) is 21.6 Å². The van der Waals surface area contributed by atoms with Crippen LogP contribution in [0.1, 0.15) is 18.4 Å². The molecule has 0 aliphatic rings. The van der Waals surface area contributed by atoms with Gasteiger partial charge >= 0.3 is 0 Å². The highest BCUT2D eigenvalue weighted by molar-refractivity contribution is 5.85. The van der Waals surface area contributed by atoms with E-state index in [1.807, 2.05) is 54.6 Å². The van der Waals surface area contributed by atoms with Gasteiger partial charge in [-0.05, 0) is 28.0 Å². The molecule has 0 bridgehead atoms. The molecule has 2 aromatic carbocycles. The van der Waals surface area contributed by atoms with Crippen LogP contribution in [0.4, 0.5) is 0 Å². The molecular weight excluding hydrogens is 390 g/mol. The first-order valence-corrected chi connectivity index (χ1v) is 10.2. The van der Waals surface area contributed by atoms with Crippen LogP contribution in [0, 0.1) is 0 Å². The summed E-state index contributed by atoms with van der Waals surface area (Å²) in [5.74, 6) is -0.705. The zero-order chi connectivity index (χ0) is 22.5. The van der Waals surface area contributed by atoms with Gasteiger partial charge in [0, 0.05) is 25.9 Å². The Hall–Kier alpha value is -3.67. The number of benzene rings is 2. The maximum Gasteiger partial charge on any atom is 0.239 e. The van der Waals surface area contributed by atoms with Gasteiger partial charge in [-0.3, -0.25) is 14.4 Å². The minimum atomic E-state index is -0.304. The first-order valence-electron chi connectivity index (χ1n) is 10.2. The SMILES string of the molecule is C=C/C(CNC(=O)CNC(=O)CCNC(=O)CCc1ccccc1)=c1/ccccc1=C. The first-order chi connectivity index (χ1) is 15.0. The summed E-state index contributed by atoms with van der Waals surface area (Å²) >= 11 is 0. The maximum atomic E-state index is 12.0. The quantitative estimate of drug-likeness (QED) is 0.504. The van der Waals surface area contributed by atoms with E-state index < -0.39 is 0 Å². The Balaban J connectivity index is 1.64. The van der Waals surface area contributed by atoms with Gasteiger partial charge in [0.2, 0.25) is 17.7 Å².